The fourth-order valence-electron chi connectivity index (χ4n) is 4.64. The van der Waals surface area contributed by atoms with E-state index in [0.717, 1.165) is 19.2 Å². The lowest BCUT2D eigenvalue weighted by Gasteiger charge is -2.48. The summed E-state index contributed by atoms with van der Waals surface area (Å²) in [5.41, 5.74) is -0.514. The van der Waals surface area contributed by atoms with Gasteiger partial charge in [-0.2, -0.15) is 0 Å². The third-order valence-corrected chi connectivity index (χ3v) is 8.85. The average Bonchev–Trinajstić information content (AvgIpc) is 2.75. The SMILES string of the molecule is COC(=O)[C@@H]1C(=O)CC[C@@]2(S(=O)(=O)c3ccc(Cl)cc3)c3c(F)ccc(F)c3OC[C@@H]12. The zero-order valence-corrected chi connectivity index (χ0v) is 17.8. The highest BCUT2D eigenvalue weighted by Gasteiger charge is 2.64. The molecule has 10 heteroatoms. The molecule has 2 aromatic rings. The maximum absolute atomic E-state index is 15.2. The number of Topliss-reactive ketones (excluding diaryl/α,β-unsaturated/α-hetero) is 1. The van der Waals surface area contributed by atoms with Crippen LogP contribution in [0.2, 0.25) is 5.02 Å². The van der Waals surface area contributed by atoms with Gasteiger partial charge in [-0.15, -0.1) is 0 Å². The Kier molecular flexibility index (Phi) is 5.29. The van der Waals surface area contributed by atoms with Crippen molar-refractivity contribution in [2.75, 3.05) is 13.7 Å². The molecule has 1 aliphatic carbocycles. The Morgan fingerprint density at radius 2 is 1.81 bits per heavy atom. The average molecular weight is 471 g/mol. The van der Waals surface area contributed by atoms with Gasteiger partial charge >= 0.3 is 5.97 Å². The molecule has 1 fully saturated rings. The van der Waals surface area contributed by atoms with Crippen LogP contribution in [-0.2, 0) is 28.9 Å². The quantitative estimate of drug-likeness (QED) is 0.504. The standard InChI is InChI=1S/C21H17ClF2O6S/c1-29-20(26)17-13-10-30-19-15(24)7-6-14(23)18(19)21(13,9-8-16(17)25)31(27,28)12-4-2-11(22)3-5-12/h2-7,13,17H,8-10H2,1H3/t13-,17-,21-/m0/s1. The normalized spacial score (nSPS) is 25.2. The largest absolute Gasteiger partial charge is 0.490 e. The third-order valence-electron chi connectivity index (χ3n) is 6.04. The van der Waals surface area contributed by atoms with Gasteiger partial charge in [0.2, 0.25) is 0 Å². The number of methoxy groups -OCH3 is 1. The second-order valence-corrected chi connectivity index (χ2v) is 10.1. The predicted octanol–water partition coefficient (Wildman–Crippen LogP) is 3.45. The molecule has 4 rings (SSSR count). The van der Waals surface area contributed by atoms with Crippen LogP contribution in [0.1, 0.15) is 18.4 Å². The fraction of sp³-hybridized carbons (Fsp3) is 0.333. The van der Waals surface area contributed by atoms with Gasteiger partial charge in [-0.25, -0.2) is 17.2 Å². The number of ketones is 1. The van der Waals surface area contributed by atoms with Crippen LogP contribution < -0.4 is 4.74 Å². The highest BCUT2D eigenvalue weighted by molar-refractivity contribution is 7.92. The van der Waals surface area contributed by atoms with Crippen molar-refractivity contribution in [2.45, 2.75) is 22.5 Å². The molecule has 1 aliphatic heterocycles. The molecule has 0 N–H and O–H groups in total. The van der Waals surface area contributed by atoms with Crippen molar-refractivity contribution in [3.8, 4) is 5.75 Å². The summed E-state index contributed by atoms with van der Waals surface area (Å²) in [5, 5.41) is 0.281. The number of rotatable bonds is 3. The van der Waals surface area contributed by atoms with E-state index in [2.05, 4.69) is 0 Å². The topological polar surface area (TPSA) is 86.7 Å². The highest BCUT2D eigenvalue weighted by atomic mass is 35.5. The van der Waals surface area contributed by atoms with E-state index in [1.54, 1.807) is 0 Å². The van der Waals surface area contributed by atoms with E-state index >= 15 is 4.39 Å². The summed E-state index contributed by atoms with van der Waals surface area (Å²) in [6, 6.07) is 6.85. The minimum atomic E-state index is -4.46. The minimum Gasteiger partial charge on any atom is -0.490 e. The van der Waals surface area contributed by atoms with Gasteiger partial charge in [-0.3, -0.25) is 9.59 Å². The van der Waals surface area contributed by atoms with Gasteiger partial charge in [0.25, 0.3) is 0 Å². The van der Waals surface area contributed by atoms with E-state index in [9.17, 15) is 22.4 Å². The first-order valence-corrected chi connectivity index (χ1v) is 11.2. The molecule has 0 spiro atoms. The van der Waals surface area contributed by atoms with Crippen molar-refractivity contribution < 1.29 is 36.3 Å². The first-order chi connectivity index (χ1) is 14.6. The van der Waals surface area contributed by atoms with Crippen LogP contribution in [0, 0.1) is 23.5 Å². The van der Waals surface area contributed by atoms with E-state index in [-0.39, 0.29) is 22.8 Å². The number of hydrogen-bond donors (Lipinski definition) is 0. The van der Waals surface area contributed by atoms with E-state index < -0.39 is 67.7 Å². The molecule has 0 aromatic heterocycles. The molecule has 0 amide bonds. The van der Waals surface area contributed by atoms with E-state index in [1.807, 2.05) is 0 Å². The lowest BCUT2D eigenvalue weighted by molar-refractivity contribution is -0.155. The number of sulfone groups is 1. The molecule has 2 aliphatic rings. The van der Waals surface area contributed by atoms with Crippen molar-refractivity contribution in [1.82, 2.24) is 0 Å². The summed E-state index contributed by atoms with van der Waals surface area (Å²) in [5.74, 6) is -6.78. The van der Waals surface area contributed by atoms with Gasteiger partial charge < -0.3 is 9.47 Å². The van der Waals surface area contributed by atoms with Crippen LogP contribution in [0.4, 0.5) is 8.78 Å². The monoisotopic (exact) mass is 470 g/mol. The molecular formula is C21H17ClF2O6S. The maximum Gasteiger partial charge on any atom is 0.316 e. The summed E-state index contributed by atoms with van der Waals surface area (Å²) in [4.78, 5) is 24.9. The lowest BCUT2D eigenvalue weighted by Crippen LogP contribution is -2.58. The Hall–Kier alpha value is -2.52. The van der Waals surface area contributed by atoms with Crippen LogP contribution >= 0.6 is 11.6 Å². The number of esters is 1. The number of fused-ring (bicyclic) bond motifs is 3. The van der Waals surface area contributed by atoms with Crippen molar-refractivity contribution in [3.05, 3.63) is 58.6 Å². The van der Waals surface area contributed by atoms with Crippen LogP contribution in [0.3, 0.4) is 0 Å². The van der Waals surface area contributed by atoms with Crippen LogP contribution in [0.5, 0.6) is 5.75 Å². The second kappa shape index (κ2) is 7.56. The summed E-state index contributed by atoms with van der Waals surface area (Å²) in [6.07, 6.45) is -0.676. The summed E-state index contributed by atoms with van der Waals surface area (Å²) in [7, 11) is -3.39. The first-order valence-electron chi connectivity index (χ1n) is 9.37. The van der Waals surface area contributed by atoms with Gasteiger partial charge in [0.05, 0.1) is 24.2 Å². The Bertz CT molecular complexity index is 1170. The van der Waals surface area contributed by atoms with Crippen molar-refractivity contribution in [1.29, 1.82) is 0 Å². The Morgan fingerprint density at radius 3 is 2.45 bits per heavy atom. The molecule has 1 saturated carbocycles. The molecule has 164 valence electrons. The Morgan fingerprint density at radius 1 is 1.16 bits per heavy atom. The third kappa shape index (κ3) is 3.05. The zero-order chi connectivity index (χ0) is 22.6. The molecule has 3 atom stereocenters. The second-order valence-electron chi connectivity index (χ2n) is 7.46. The molecule has 0 radical (unpaired) electrons. The molecular weight excluding hydrogens is 454 g/mol. The summed E-state index contributed by atoms with van der Waals surface area (Å²) in [6.45, 7) is -0.480. The Balaban J connectivity index is 2.06. The number of benzene rings is 2. The molecule has 31 heavy (non-hydrogen) atoms. The van der Waals surface area contributed by atoms with E-state index in [4.69, 9.17) is 21.1 Å². The van der Waals surface area contributed by atoms with Gasteiger partial charge in [-0.1, -0.05) is 11.6 Å². The van der Waals surface area contributed by atoms with Crippen LogP contribution in [0.25, 0.3) is 0 Å². The van der Waals surface area contributed by atoms with Gasteiger partial charge in [0, 0.05) is 17.4 Å². The number of ether oxygens (including phenoxy) is 2. The van der Waals surface area contributed by atoms with Gasteiger partial charge in [0.1, 0.15) is 22.3 Å². The molecule has 2 aromatic carbocycles. The summed E-state index contributed by atoms with van der Waals surface area (Å²) >= 11 is 5.88. The fourth-order valence-corrected chi connectivity index (χ4v) is 7.11. The first kappa shape index (κ1) is 21.7. The number of carbonyl (C=O) groups excluding carboxylic acids is 2. The molecule has 0 unspecified atom stereocenters. The van der Waals surface area contributed by atoms with E-state index in [1.165, 1.54) is 24.3 Å². The highest BCUT2D eigenvalue weighted by Crippen LogP contribution is 2.57. The number of carbonyl (C=O) groups is 2. The van der Waals surface area contributed by atoms with Crippen molar-refractivity contribution >= 4 is 33.2 Å². The van der Waals surface area contributed by atoms with Gasteiger partial charge in [0.15, 0.2) is 21.4 Å². The van der Waals surface area contributed by atoms with E-state index in [0.29, 0.717) is 0 Å². The minimum absolute atomic E-state index is 0.198. The smallest absolute Gasteiger partial charge is 0.316 e. The molecule has 0 bridgehead atoms. The van der Waals surface area contributed by atoms with Crippen molar-refractivity contribution in [3.63, 3.8) is 0 Å². The summed E-state index contributed by atoms with van der Waals surface area (Å²) < 4.78 is 65.7. The zero-order valence-electron chi connectivity index (χ0n) is 16.2. The lowest BCUT2D eigenvalue weighted by atomic mass is 9.67. The molecule has 1 heterocycles. The predicted molar refractivity (Wildman–Crippen MR) is 105 cm³/mol. The van der Waals surface area contributed by atoms with Crippen LogP contribution in [0.15, 0.2) is 41.3 Å². The molecule has 0 saturated heterocycles. The number of hydrogen-bond acceptors (Lipinski definition) is 6. The van der Waals surface area contributed by atoms with Crippen LogP contribution in [-0.4, -0.2) is 33.9 Å². The molecule has 6 nitrogen and oxygen atoms in total. The maximum atomic E-state index is 15.2. The van der Waals surface area contributed by atoms with Gasteiger partial charge in [-0.05, 0) is 42.8 Å². The number of halogens is 3. The Labute approximate surface area is 182 Å². The van der Waals surface area contributed by atoms with Crippen molar-refractivity contribution in [2.24, 2.45) is 11.8 Å².